The largest absolute Gasteiger partial charge is 0.469 e. The van der Waals surface area contributed by atoms with Crippen LogP contribution < -0.4 is 14.4 Å². The van der Waals surface area contributed by atoms with Gasteiger partial charge in [-0.1, -0.05) is 56.0 Å². The number of aliphatic hydroxyl groups is 1. The number of ether oxygens (including phenoxy) is 2. The van der Waals surface area contributed by atoms with Crippen molar-refractivity contribution in [2.24, 2.45) is 5.92 Å². The van der Waals surface area contributed by atoms with Crippen LogP contribution in [-0.2, 0) is 6.42 Å². The average Bonchev–Trinajstić information content (AvgIpc) is 3.43. The zero-order valence-electron chi connectivity index (χ0n) is 24.5. The second-order valence-electron chi connectivity index (χ2n) is 11.8. The molecule has 1 aromatic heterocycles. The number of hydrogen-bond acceptors (Lipinski definition) is 9. The second kappa shape index (κ2) is 12.3. The van der Waals surface area contributed by atoms with E-state index in [1.807, 2.05) is 4.90 Å². The van der Waals surface area contributed by atoms with Gasteiger partial charge in [-0.3, -0.25) is 4.90 Å². The molecule has 3 aromatic rings. The zero-order valence-corrected chi connectivity index (χ0v) is 24.5. The molecule has 0 aliphatic carbocycles. The first-order valence-corrected chi connectivity index (χ1v) is 15.0. The van der Waals surface area contributed by atoms with Crippen LogP contribution in [0.5, 0.6) is 11.9 Å². The van der Waals surface area contributed by atoms with E-state index in [-0.39, 0.29) is 18.1 Å². The number of nitriles is 1. The van der Waals surface area contributed by atoms with Gasteiger partial charge in [-0.2, -0.15) is 15.2 Å². The van der Waals surface area contributed by atoms with Crippen molar-refractivity contribution in [2.45, 2.75) is 57.0 Å². The van der Waals surface area contributed by atoms with Crippen LogP contribution >= 0.6 is 0 Å². The van der Waals surface area contributed by atoms with E-state index < -0.39 is 6.23 Å². The number of aliphatic hydroxyl groups excluding tert-OH is 1. The Bertz CT molecular complexity index is 1470. The molecule has 0 amide bonds. The minimum Gasteiger partial charge on any atom is -0.469 e. The van der Waals surface area contributed by atoms with E-state index in [1.54, 1.807) is 0 Å². The molecular formula is C33H40N6O3. The predicted octanol–water partition coefficient (Wildman–Crippen LogP) is 4.32. The fourth-order valence-corrected chi connectivity index (χ4v) is 6.76. The summed E-state index contributed by atoms with van der Waals surface area (Å²) in [5.74, 6) is 1.55. The minimum atomic E-state index is -0.795. The number of rotatable bonds is 8. The molecule has 0 saturated carbocycles. The van der Waals surface area contributed by atoms with Crippen molar-refractivity contribution >= 4 is 16.6 Å². The highest BCUT2D eigenvalue weighted by molar-refractivity contribution is 5.86. The number of aromatic nitrogens is 2. The Morgan fingerprint density at radius 3 is 2.79 bits per heavy atom. The van der Waals surface area contributed by atoms with Gasteiger partial charge in [-0.25, -0.2) is 0 Å². The normalized spacial score (nSPS) is 25.4. The number of fused-ring (bicyclic) bond motifs is 2. The van der Waals surface area contributed by atoms with Crippen LogP contribution in [0.15, 0.2) is 55.1 Å². The molecule has 220 valence electrons. The van der Waals surface area contributed by atoms with Crippen LogP contribution in [0.25, 0.3) is 10.8 Å². The van der Waals surface area contributed by atoms with Crippen LogP contribution in [0.3, 0.4) is 0 Å². The molecule has 0 spiro atoms. The van der Waals surface area contributed by atoms with Crippen molar-refractivity contribution < 1.29 is 14.6 Å². The Kier molecular flexibility index (Phi) is 8.29. The van der Waals surface area contributed by atoms with Crippen molar-refractivity contribution in [1.82, 2.24) is 19.8 Å². The summed E-state index contributed by atoms with van der Waals surface area (Å²) in [5, 5.41) is 22.5. The zero-order chi connectivity index (χ0) is 29.2. The summed E-state index contributed by atoms with van der Waals surface area (Å²) in [6.45, 7) is 9.33. The first kappa shape index (κ1) is 28.4. The van der Waals surface area contributed by atoms with Gasteiger partial charge in [0, 0.05) is 43.2 Å². The van der Waals surface area contributed by atoms with Crippen molar-refractivity contribution in [3.8, 4) is 18.0 Å². The van der Waals surface area contributed by atoms with E-state index >= 15 is 0 Å². The van der Waals surface area contributed by atoms with E-state index in [9.17, 15) is 10.4 Å². The van der Waals surface area contributed by atoms with Crippen LogP contribution in [0.1, 0.15) is 43.4 Å². The number of piperazine rings is 1. The van der Waals surface area contributed by atoms with E-state index in [0.717, 1.165) is 42.8 Å². The third-order valence-electron chi connectivity index (χ3n) is 9.12. The third-order valence-corrected chi connectivity index (χ3v) is 9.12. The van der Waals surface area contributed by atoms with Gasteiger partial charge in [-0.05, 0) is 49.7 Å². The first-order chi connectivity index (χ1) is 20.5. The van der Waals surface area contributed by atoms with Gasteiger partial charge in [-0.15, -0.1) is 0 Å². The highest BCUT2D eigenvalue weighted by Gasteiger charge is 2.37. The van der Waals surface area contributed by atoms with Gasteiger partial charge in [0.1, 0.15) is 24.8 Å². The number of nitrogens with zero attached hydrogens (tertiary/aromatic N) is 6. The lowest BCUT2D eigenvalue weighted by molar-refractivity contribution is 0.00423. The van der Waals surface area contributed by atoms with E-state index in [0.29, 0.717) is 50.6 Å². The molecule has 9 heteroatoms. The summed E-state index contributed by atoms with van der Waals surface area (Å²) >= 11 is 0. The van der Waals surface area contributed by atoms with Gasteiger partial charge < -0.3 is 24.4 Å². The molecule has 3 aliphatic heterocycles. The highest BCUT2D eigenvalue weighted by atomic mass is 16.5. The van der Waals surface area contributed by atoms with Crippen molar-refractivity contribution in [3.05, 3.63) is 66.2 Å². The Balaban J connectivity index is 1.35. The number of anilines is 1. The molecule has 5 atom stereocenters. The Morgan fingerprint density at radius 1 is 1.17 bits per heavy atom. The molecule has 0 bridgehead atoms. The summed E-state index contributed by atoms with van der Waals surface area (Å²) in [5.41, 5.74) is 2.13. The number of likely N-dealkylation sites (N-methyl/N-ethyl adjacent to an activating group) is 1. The van der Waals surface area contributed by atoms with Crippen LogP contribution in [0.4, 0.5) is 5.82 Å². The topological polar surface area (TPSA) is 98.0 Å². The molecule has 3 unspecified atom stereocenters. The maximum Gasteiger partial charge on any atom is 0.321 e. The molecule has 3 aliphatic rings. The summed E-state index contributed by atoms with van der Waals surface area (Å²) < 4.78 is 13.0. The lowest BCUT2D eigenvalue weighted by Crippen LogP contribution is -2.56. The quantitative estimate of drug-likeness (QED) is 0.398. The lowest BCUT2D eigenvalue weighted by Gasteiger charge is -2.43. The number of hydrogen-bond donors (Lipinski definition) is 1. The van der Waals surface area contributed by atoms with Gasteiger partial charge in [0.05, 0.1) is 18.1 Å². The summed E-state index contributed by atoms with van der Waals surface area (Å²) in [6.07, 6.45) is 3.86. The molecule has 1 N–H and O–H groups in total. The van der Waals surface area contributed by atoms with Gasteiger partial charge in [0.15, 0.2) is 0 Å². The first-order valence-electron chi connectivity index (χ1n) is 15.0. The van der Waals surface area contributed by atoms with E-state index in [1.165, 1.54) is 16.8 Å². The molecule has 2 fully saturated rings. The minimum absolute atomic E-state index is 0.161. The van der Waals surface area contributed by atoms with Gasteiger partial charge >= 0.3 is 6.01 Å². The fraction of sp³-hybridized carbons (Fsp3) is 0.485. The summed E-state index contributed by atoms with van der Waals surface area (Å²) in [7, 11) is 2.13. The number of likely N-dealkylation sites (tertiary alicyclic amines) is 1. The molecular weight excluding hydrogens is 528 g/mol. The maximum atomic E-state index is 10.5. The van der Waals surface area contributed by atoms with Crippen molar-refractivity contribution in [3.63, 3.8) is 0 Å². The fourth-order valence-electron chi connectivity index (χ4n) is 6.76. The summed E-state index contributed by atoms with van der Waals surface area (Å²) in [6, 6.07) is 17.6. The van der Waals surface area contributed by atoms with Gasteiger partial charge in [0.25, 0.3) is 0 Å². The SMILES string of the molecule is C=CC(O)N1CCN(c2nc(OC[C@@H]3CCCN3C)nc3c2CC(C)C(c2cccc4ccccc24)O3)C[C@@H]1CC#N. The third kappa shape index (κ3) is 5.54. The molecule has 0 radical (unpaired) electrons. The van der Waals surface area contributed by atoms with Crippen LogP contribution in [-0.4, -0.2) is 83.0 Å². The highest BCUT2D eigenvalue weighted by Crippen LogP contribution is 2.43. The molecule has 2 saturated heterocycles. The summed E-state index contributed by atoms with van der Waals surface area (Å²) in [4.78, 5) is 16.3. The van der Waals surface area contributed by atoms with E-state index in [4.69, 9.17) is 19.4 Å². The Morgan fingerprint density at radius 2 is 2.00 bits per heavy atom. The van der Waals surface area contributed by atoms with Crippen molar-refractivity contribution in [1.29, 1.82) is 5.26 Å². The lowest BCUT2D eigenvalue weighted by atomic mass is 9.87. The van der Waals surface area contributed by atoms with Gasteiger partial charge in [0.2, 0.25) is 5.88 Å². The monoisotopic (exact) mass is 568 g/mol. The molecule has 42 heavy (non-hydrogen) atoms. The van der Waals surface area contributed by atoms with Crippen LogP contribution in [0, 0.1) is 17.2 Å². The molecule has 6 rings (SSSR count). The standard InChI is InChI=1S/C33H40N6O3/c1-4-29(40)39-18-17-38(20-24(39)14-15-34)31-28-19-22(2)30(27-13-7-10-23-9-5-6-12-26(23)27)42-32(28)36-33(35-31)41-21-25-11-8-16-37(25)3/h4-7,9-10,12-13,22,24-25,29-30,40H,1,8,11,14,16-21H2,2-3H3/t22?,24-,25-,29?,30?/m0/s1. The smallest absolute Gasteiger partial charge is 0.321 e. The average molecular weight is 569 g/mol. The predicted molar refractivity (Wildman–Crippen MR) is 163 cm³/mol. The maximum absolute atomic E-state index is 10.5. The van der Waals surface area contributed by atoms with Crippen molar-refractivity contribution in [2.75, 3.05) is 44.7 Å². The van der Waals surface area contributed by atoms with E-state index in [2.05, 4.69) is 78.9 Å². The Labute approximate surface area is 248 Å². The molecule has 2 aromatic carbocycles. The second-order valence-corrected chi connectivity index (χ2v) is 11.8. The molecule has 9 nitrogen and oxygen atoms in total. The number of benzene rings is 2. The Hall–Kier alpha value is -3.71. The van der Waals surface area contributed by atoms with Crippen LogP contribution in [0.2, 0.25) is 0 Å². The molecule has 4 heterocycles.